The third-order valence-electron chi connectivity index (χ3n) is 4.30. The number of thiophene rings is 1. The zero-order chi connectivity index (χ0) is 17.1. The minimum atomic E-state index is -0.0492. The quantitative estimate of drug-likeness (QED) is 0.897. The van der Waals surface area contributed by atoms with Gasteiger partial charge in [0.05, 0.1) is 18.2 Å². The van der Waals surface area contributed by atoms with Crippen molar-refractivity contribution < 1.29 is 9.59 Å². The Kier molecular flexibility index (Phi) is 4.99. The molecule has 0 radical (unpaired) electrons. The summed E-state index contributed by atoms with van der Waals surface area (Å²) in [6.07, 6.45) is 3.06. The van der Waals surface area contributed by atoms with Crippen LogP contribution >= 0.6 is 11.3 Å². The number of hydrogen-bond donors (Lipinski definition) is 1. The monoisotopic (exact) mass is 346 g/mol. The molecule has 1 aliphatic rings. The zero-order valence-electron chi connectivity index (χ0n) is 14.0. The highest BCUT2D eigenvalue weighted by molar-refractivity contribution is 7.09. The average molecular weight is 346 g/mol. The van der Waals surface area contributed by atoms with Crippen molar-refractivity contribution in [3.8, 4) is 0 Å². The molecule has 0 bridgehead atoms. The molecule has 3 rings (SSSR count). The van der Waals surface area contributed by atoms with Gasteiger partial charge in [-0.3, -0.25) is 9.59 Å². The van der Waals surface area contributed by atoms with Gasteiger partial charge < -0.3 is 14.8 Å². The number of aromatic nitrogens is 2. The molecule has 0 fully saturated rings. The molecule has 0 unspecified atom stereocenters. The average Bonchev–Trinajstić information content (AvgIpc) is 3.16. The molecule has 2 aromatic heterocycles. The van der Waals surface area contributed by atoms with Crippen molar-refractivity contribution in [3.05, 3.63) is 40.1 Å². The van der Waals surface area contributed by atoms with Crippen molar-refractivity contribution in [2.75, 3.05) is 13.1 Å². The van der Waals surface area contributed by atoms with Gasteiger partial charge in [-0.2, -0.15) is 0 Å². The summed E-state index contributed by atoms with van der Waals surface area (Å²) < 4.78 is 2.05. The maximum atomic E-state index is 12.1. The van der Waals surface area contributed by atoms with Crippen molar-refractivity contribution in [1.29, 1.82) is 0 Å². The molecule has 6 nitrogen and oxygen atoms in total. The van der Waals surface area contributed by atoms with Crippen molar-refractivity contribution in [2.45, 2.75) is 39.3 Å². The molecule has 24 heavy (non-hydrogen) atoms. The molecular formula is C17H22N4O2S. The lowest BCUT2D eigenvalue weighted by Gasteiger charge is -2.32. The summed E-state index contributed by atoms with van der Waals surface area (Å²) in [5, 5.41) is 4.98. The molecule has 7 heteroatoms. The smallest absolute Gasteiger partial charge is 0.226 e. The second-order valence-corrected chi connectivity index (χ2v) is 7.06. The number of imidazole rings is 1. The lowest BCUT2D eigenvalue weighted by atomic mass is 10.2. The van der Waals surface area contributed by atoms with Gasteiger partial charge >= 0.3 is 0 Å². The molecule has 128 valence electrons. The van der Waals surface area contributed by atoms with Crippen LogP contribution in [0.4, 0.5) is 0 Å². The van der Waals surface area contributed by atoms with E-state index in [0.29, 0.717) is 13.1 Å². The Morgan fingerprint density at radius 3 is 2.96 bits per heavy atom. The number of nitrogens with one attached hydrogen (secondary N) is 1. The molecule has 0 saturated heterocycles. The Bertz CT molecular complexity index is 723. The van der Waals surface area contributed by atoms with Gasteiger partial charge in [0.1, 0.15) is 5.82 Å². The predicted octanol–water partition coefficient (Wildman–Crippen LogP) is 1.77. The minimum Gasteiger partial charge on any atom is -0.355 e. The van der Waals surface area contributed by atoms with E-state index in [9.17, 15) is 9.59 Å². The first kappa shape index (κ1) is 16.7. The molecule has 0 saturated carbocycles. The molecule has 0 aromatic carbocycles. The summed E-state index contributed by atoms with van der Waals surface area (Å²) in [4.78, 5) is 31.4. The van der Waals surface area contributed by atoms with Crippen molar-refractivity contribution in [2.24, 2.45) is 0 Å². The Balaban J connectivity index is 1.55. The summed E-state index contributed by atoms with van der Waals surface area (Å²) in [6, 6.07) is 4.04. The SMILES string of the molecule is CC(=O)N1CCn2cc(CC(=O)NCCc3cccs3)nc2[C@H]1C. The molecule has 2 aromatic rings. The van der Waals surface area contributed by atoms with Gasteiger partial charge in [-0.25, -0.2) is 4.98 Å². The summed E-state index contributed by atoms with van der Waals surface area (Å²) in [6.45, 7) is 5.61. The number of carbonyl (C=O) groups is 2. The number of rotatable bonds is 5. The third kappa shape index (κ3) is 3.67. The molecule has 1 N–H and O–H groups in total. The molecule has 1 aliphatic heterocycles. The standard InChI is InChI=1S/C17H22N4O2S/c1-12-17-19-14(11-20(17)7-8-21(12)13(2)22)10-16(23)18-6-5-15-4-3-9-24-15/h3-4,9,11-12H,5-8,10H2,1-2H3,(H,18,23)/t12-/m1/s1. The topological polar surface area (TPSA) is 67.2 Å². The van der Waals surface area contributed by atoms with Crippen LogP contribution in [0.3, 0.4) is 0 Å². The van der Waals surface area contributed by atoms with Gasteiger partial charge in [-0.1, -0.05) is 6.07 Å². The van der Waals surface area contributed by atoms with Gasteiger partial charge in [0, 0.05) is 37.6 Å². The van der Waals surface area contributed by atoms with Gasteiger partial charge in [0.2, 0.25) is 11.8 Å². The van der Waals surface area contributed by atoms with E-state index in [4.69, 9.17) is 0 Å². The van der Waals surface area contributed by atoms with Crippen LogP contribution in [0.1, 0.15) is 36.3 Å². The van der Waals surface area contributed by atoms with E-state index in [0.717, 1.165) is 24.5 Å². The lowest BCUT2D eigenvalue weighted by Crippen LogP contribution is -2.39. The van der Waals surface area contributed by atoms with Gasteiger partial charge in [0.15, 0.2) is 0 Å². The van der Waals surface area contributed by atoms with Crippen LogP contribution in [-0.2, 0) is 29.0 Å². The predicted molar refractivity (Wildman–Crippen MR) is 92.8 cm³/mol. The van der Waals surface area contributed by atoms with E-state index < -0.39 is 0 Å². The summed E-state index contributed by atoms with van der Waals surface area (Å²) in [7, 11) is 0. The highest BCUT2D eigenvalue weighted by atomic mass is 32.1. The van der Waals surface area contributed by atoms with Crippen LogP contribution in [0.15, 0.2) is 23.7 Å². The first-order chi connectivity index (χ1) is 11.5. The van der Waals surface area contributed by atoms with Gasteiger partial charge in [-0.15, -0.1) is 11.3 Å². The van der Waals surface area contributed by atoms with Crippen molar-refractivity contribution in [1.82, 2.24) is 19.8 Å². The fraction of sp³-hybridized carbons (Fsp3) is 0.471. The molecule has 3 heterocycles. The first-order valence-corrected chi connectivity index (χ1v) is 9.05. The third-order valence-corrected chi connectivity index (χ3v) is 5.24. The number of amides is 2. The van der Waals surface area contributed by atoms with E-state index in [1.54, 1.807) is 18.3 Å². The molecule has 0 aliphatic carbocycles. The van der Waals surface area contributed by atoms with Crippen LogP contribution in [0, 0.1) is 0 Å². The summed E-state index contributed by atoms with van der Waals surface area (Å²) in [5.41, 5.74) is 0.760. The number of nitrogens with zero attached hydrogens (tertiary/aromatic N) is 3. The molecular weight excluding hydrogens is 324 g/mol. The maximum absolute atomic E-state index is 12.1. The highest BCUT2D eigenvalue weighted by Gasteiger charge is 2.27. The second kappa shape index (κ2) is 7.17. The van der Waals surface area contributed by atoms with E-state index in [-0.39, 0.29) is 24.3 Å². The Morgan fingerprint density at radius 1 is 1.42 bits per heavy atom. The maximum Gasteiger partial charge on any atom is 0.226 e. The number of carbonyl (C=O) groups excluding carboxylic acids is 2. The Hall–Kier alpha value is -2.15. The minimum absolute atomic E-state index is 0.0157. The largest absolute Gasteiger partial charge is 0.355 e. The van der Waals surface area contributed by atoms with E-state index in [2.05, 4.69) is 20.9 Å². The Morgan fingerprint density at radius 2 is 2.25 bits per heavy atom. The molecule has 1 atom stereocenters. The lowest BCUT2D eigenvalue weighted by molar-refractivity contribution is -0.132. The molecule has 2 amide bonds. The van der Waals surface area contributed by atoms with E-state index in [1.807, 2.05) is 29.5 Å². The summed E-state index contributed by atoms with van der Waals surface area (Å²) >= 11 is 1.70. The van der Waals surface area contributed by atoms with Crippen LogP contribution in [0.2, 0.25) is 0 Å². The van der Waals surface area contributed by atoms with Crippen LogP contribution in [0.25, 0.3) is 0 Å². The normalized spacial score (nSPS) is 16.8. The van der Waals surface area contributed by atoms with E-state index in [1.165, 1.54) is 4.88 Å². The highest BCUT2D eigenvalue weighted by Crippen LogP contribution is 2.24. The number of hydrogen-bond acceptors (Lipinski definition) is 4. The summed E-state index contributed by atoms with van der Waals surface area (Å²) in [5.74, 6) is 0.903. The number of fused-ring (bicyclic) bond motifs is 1. The van der Waals surface area contributed by atoms with Gasteiger partial charge in [-0.05, 0) is 24.8 Å². The zero-order valence-corrected chi connectivity index (χ0v) is 14.8. The van der Waals surface area contributed by atoms with Crippen LogP contribution in [0.5, 0.6) is 0 Å². The second-order valence-electron chi connectivity index (χ2n) is 6.03. The van der Waals surface area contributed by atoms with Crippen molar-refractivity contribution in [3.63, 3.8) is 0 Å². The molecule has 0 spiro atoms. The fourth-order valence-corrected chi connectivity index (χ4v) is 3.78. The Labute approximate surface area is 145 Å². The van der Waals surface area contributed by atoms with Gasteiger partial charge in [0.25, 0.3) is 0 Å². The van der Waals surface area contributed by atoms with Crippen LogP contribution in [-0.4, -0.2) is 39.4 Å². The van der Waals surface area contributed by atoms with Crippen LogP contribution < -0.4 is 5.32 Å². The van der Waals surface area contributed by atoms with Crippen molar-refractivity contribution >= 4 is 23.2 Å². The fourth-order valence-electron chi connectivity index (χ4n) is 3.07. The van der Waals surface area contributed by atoms with E-state index >= 15 is 0 Å². The first-order valence-electron chi connectivity index (χ1n) is 8.17.